The van der Waals surface area contributed by atoms with Crippen LogP contribution in [0.4, 0.5) is 11.4 Å². The van der Waals surface area contributed by atoms with Gasteiger partial charge in [-0.2, -0.15) is 0 Å². The zero-order valence-corrected chi connectivity index (χ0v) is 20.9. The van der Waals surface area contributed by atoms with Crippen LogP contribution in [0.1, 0.15) is 10.4 Å². The van der Waals surface area contributed by atoms with E-state index in [9.17, 15) is 9.59 Å². The van der Waals surface area contributed by atoms with Gasteiger partial charge in [0, 0.05) is 37.6 Å². The van der Waals surface area contributed by atoms with Crippen LogP contribution in [-0.4, -0.2) is 66.0 Å². The van der Waals surface area contributed by atoms with Crippen molar-refractivity contribution in [3.8, 4) is 17.4 Å². The van der Waals surface area contributed by atoms with Crippen molar-refractivity contribution in [2.75, 3.05) is 49.3 Å². The molecule has 5 rings (SSSR count). The Morgan fingerprint density at radius 1 is 1.00 bits per heavy atom. The number of nitrogens with one attached hydrogen (secondary N) is 1. The Morgan fingerprint density at radius 2 is 1.78 bits per heavy atom. The van der Waals surface area contributed by atoms with Gasteiger partial charge < -0.3 is 28.7 Å². The van der Waals surface area contributed by atoms with Gasteiger partial charge in [-0.3, -0.25) is 9.59 Å². The monoisotopic (exact) mass is 519 g/mol. The Morgan fingerprint density at radius 3 is 2.51 bits per heavy atom. The van der Waals surface area contributed by atoms with E-state index in [2.05, 4.69) is 20.4 Å². The SMILES string of the molecule is COc1ccccc1C(=O)N1CCN(c2ccc(NC(=O)CSc3nnc(-c4ccco4)o3)cc2)CC1. The predicted molar refractivity (Wildman–Crippen MR) is 139 cm³/mol. The first-order valence-corrected chi connectivity index (χ1v) is 12.7. The van der Waals surface area contributed by atoms with Crippen LogP contribution in [0.3, 0.4) is 0 Å². The molecule has 2 amide bonds. The lowest BCUT2D eigenvalue weighted by atomic mass is 10.1. The summed E-state index contributed by atoms with van der Waals surface area (Å²) in [5, 5.41) is 11.0. The highest BCUT2D eigenvalue weighted by Crippen LogP contribution is 2.25. The number of benzene rings is 2. The highest BCUT2D eigenvalue weighted by atomic mass is 32.2. The molecule has 0 unspecified atom stereocenters. The Kier molecular flexibility index (Phi) is 7.41. The summed E-state index contributed by atoms with van der Waals surface area (Å²) in [7, 11) is 1.57. The molecule has 1 aliphatic heterocycles. The average molecular weight is 520 g/mol. The van der Waals surface area contributed by atoms with Gasteiger partial charge in [0.15, 0.2) is 5.76 Å². The Labute approximate surface area is 217 Å². The summed E-state index contributed by atoms with van der Waals surface area (Å²) in [6.45, 7) is 2.66. The van der Waals surface area contributed by atoms with E-state index >= 15 is 0 Å². The van der Waals surface area contributed by atoms with Crippen molar-refractivity contribution < 1.29 is 23.2 Å². The number of amides is 2. The first kappa shape index (κ1) is 24.4. The van der Waals surface area contributed by atoms with Gasteiger partial charge >= 0.3 is 0 Å². The van der Waals surface area contributed by atoms with Crippen molar-refractivity contribution in [3.05, 3.63) is 72.5 Å². The molecule has 0 aliphatic carbocycles. The third-order valence-corrected chi connectivity index (χ3v) is 6.70. The highest BCUT2D eigenvalue weighted by Gasteiger charge is 2.24. The minimum absolute atomic E-state index is 0.0225. The number of piperazine rings is 1. The van der Waals surface area contributed by atoms with Crippen LogP contribution in [0.15, 0.2) is 81.0 Å². The number of carbonyl (C=O) groups excluding carboxylic acids is 2. The van der Waals surface area contributed by atoms with Crippen LogP contribution >= 0.6 is 11.8 Å². The molecule has 37 heavy (non-hydrogen) atoms. The molecule has 2 aromatic heterocycles. The molecule has 4 aromatic rings. The minimum Gasteiger partial charge on any atom is -0.496 e. The topological polar surface area (TPSA) is 114 Å². The highest BCUT2D eigenvalue weighted by molar-refractivity contribution is 7.99. The van der Waals surface area contributed by atoms with Crippen molar-refractivity contribution in [3.63, 3.8) is 0 Å². The number of para-hydroxylation sites is 1. The van der Waals surface area contributed by atoms with Gasteiger partial charge in [0.25, 0.3) is 17.0 Å². The second-order valence-electron chi connectivity index (χ2n) is 8.21. The van der Waals surface area contributed by atoms with Crippen LogP contribution in [0, 0.1) is 0 Å². The molecule has 1 N–H and O–H groups in total. The lowest BCUT2D eigenvalue weighted by Crippen LogP contribution is -2.48. The number of nitrogens with zero attached hydrogens (tertiary/aromatic N) is 4. The van der Waals surface area contributed by atoms with Gasteiger partial charge in [0.2, 0.25) is 5.91 Å². The van der Waals surface area contributed by atoms with E-state index in [-0.39, 0.29) is 23.5 Å². The fraction of sp³-hybridized carbons (Fsp3) is 0.231. The number of hydrogen-bond donors (Lipinski definition) is 1. The normalized spacial score (nSPS) is 13.4. The van der Waals surface area contributed by atoms with Crippen molar-refractivity contribution >= 4 is 35.0 Å². The van der Waals surface area contributed by atoms with Gasteiger partial charge in [-0.15, -0.1) is 10.2 Å². The Bertz CT molecular complexity index is 1350. The summed E-state index contributed by atoms with van der Waals surface area (Å²) in [6, 6.07) is 18.4. The molecule has 0 saturated carbocycles. The number of ether oxygens (including phenoxy) is 1. The van der Waals surface area contributed by atoms with Crippen molar-refractivity contribution in [2.24, 2.45) is 0 Å². The molecule has 0 atom stereocenters. The van der Waals surface area contributed by atoms with E-state index in [0.29, 0.717) is 54.2 Å². The van der Waals surface area contributed by atoms with E-state index in [1.807, 2.05) is 41.3 Å². The van der Waals surface area contributed by atoms with Crippen LogP contribution < -0.4 is 15.0 Å². The fourth-order valence-electron chi connectivity index (χ4n) is 4.01. The number of rotatable bonds is 8. The van der Waals surface area contributed by atoms with E-state index in [1.165, 1.54) is 6.26 Å². The summed E-state index contributed by atoms with van der Waals surface area (Å²) < 4.78 is 16.1. The van der Waals surface area contributed by atoms with Gasteiger partial charge in [-0.25, -0.2) is 0 Å². The van der Waals surface area contributed by atoms with Crippen LogP contribution in [0.25, 0.3) is 11.7 Å². The predicted octanol–water partition coefficient (Wildman–Crippen LogP) is 4.03. The van der Waals surface area contributed by atoms with Crippen molar-refractivity contribution in [1.29, 1.82) is 0 Å². The van der Waals surface area contributed by atoms with Crippen LogP contribution in [0.2, 0.25) is 0 Å². The number of carbonyl (C=O) groups is 2. The molecule has 10 nitrogen and oxygen atoms in total. The first-order valence-electron chi connectivity index (χ1n) is 11.7. The smallest absolute Gasteiger partial charge is 0.284 e. The standard InChI is InChI=1S/C26H25N5O5S/c1-34-21-6-3-2-5-20(21)25(33)31-14-12-30(13-15-31)19-10-8-18(9-11-19)27-23(32)17-37-26-29-28-24(36-26)22-7-4-16-35-22/h2-11,16H,12-15,17H2,1H3,(H,27,32). The van der Waals surface area contributed by atoms with Gasteiger partial charge in [-0.05, 0) is 48.5 Å². The van der Waals surface area contributed by atoms with Crippen LogP contribution in [0.5, 0.6) is 5.75 Å². The van der Waals surface area contributed by atoms with Crippen LogP contribution in [-0.2, 0) is 4.79 Å². The van der Waals surface area contributed by atoms with Gasteiger partial charge in [-0.1, -0.05) is 23.9 Å². The van der Waals surface area contributed by atoms with E-state index in [0.717, 1.165) is 17.4 Å². The summed E-state index contributed by atoms with van der Waals surface area (Å²) in [6.07, 6.45) is 1.52. The number of aromatic nitrogens is 2. The zero-order chi connectivity index (χ0) is 25.6. The van der Waals surface area contributed by atoms with Crippen molar-refractivity contribution in [2.45, 2.75) is 5.22 Å². The first-order chi connectivity index (χ1) is 18.1. The van der Waals surface area contributed by atoms with Gasteiger partial charge in [0.05, 0.1) is 24.7 Å². The number of anilines is 2. The summed E-state index contributed by atoms with van der Waals surface area (Å²) in [5.41, 5.74) is 2.31. The maximum Gasteiger partial charge on any atom is 0.284 e. The molecule has 0 spiro atoms. The number of hydrogen-bond acceptors (Lipinski definition) is 9. The average Bonchev–Trinajstić information content (AvgIpc) is 3.65. The Hall–Kier alpha value is -4.25. The minimum atomic E-state index is -0.182. The molecule has 190 valence electrons. The maximum absolute atomic E-state index is 12.9. The third-order valence-electron chi connectivity index (χ3n) is 5.89. The number of methoxy groups -OCH3 is 1. The Balaban J connectivity index is 1.09. The molecule has 1 aliphatic rings. The molecule has 3 heterocycles. The molecule has 2 aromatic carbocycles. The fourth-order valence-corrected chi connectivity index (χ4v) is 4.57. The molecular formula is C26H25N5O5S. The molecular weight excluding hydrogens is 494 g/mol. The zero-order valence-electron chi connectivity index (χ0n) is 20.1. The van der Waals surface area contributed by atoms with E-state index < -0.39 is 0 Å². The summed E-state index contributed by atoms with van der Waals surface area (Å²) in [5.74, 6) is 1.26. The summed E-state index contributed by atoms with van der Waals surface area (Å²) in [4.78, 5) is 29.4. The number of thioether (sulfide) groups is 1. The van der Waals surface area contributed by atoms with Crippen molar-refractivity contribution in [1.82, 2.24) is 15.1 Å². The quantitative estimate of drug-likeness (QED) is 0.345. The molecule has 11 heteroatoms. The molecule has 1 fully saturated rings. The largest absolute Gasteiger partial charge is 0.496 e. The second-order valence-corrected chi connectivity index (χ2v) is 9.14. The second kappa shape index (κ2) is 11.2. The van der Waals surface area contributed by atoms with E-state index in [1.54, 1.807) is 31.4 Å². The molecule has 0 bridgehead atoms. The summed E-state index contributed by atoms with van der Waals surface area (Å²) >= 11 is 1.15. The molecule has 1 saturated heterocycles. The maximum atomic E-state index is 12.9. The number of furan rings is 1. The van der Waals surface area contributed by atoms with E-state index in [4.69, 9.17) is 13.6 Å². The third kappa shape index (κ3) is 5.78. The van der Waals surface area contributed by atoms with Gasteiger partial charge in [0.1, 0.15) is 5.75 Å². The lowest BCUT2D eigenvalue weighted by Gasteiger charge is -2.36. The molecule has 0 radical (unpaired) electrons. The lowest BCUT2D eigenvalue weighted by molar-refractivity contribution is -0.113.